The van der Waals surface area contributed by atoms with Crippen LogP contribution in [0.3, 0.4) is 0 Å². The van der Waals surface area contributed by atoms with Crippen molar-refractivity contribution in [2.24, 2.45) is 0 Å². The van der Waals surface area contributed by atoms with Crippen molar-refractivity contribution >= 4 is 49.7 Å². The molecular formula is C16H14INS. The Morgan fingerprint density at radius 1 is 1.05 bits per heavy atom. The Balaban J connectivity index is 1.85. The zero-order valence-corrected chi connectivity index (χ0v) is 13.5. The molecule has 0 aliphatic rings. The van der Waals surface area contributed by atoms with Gasteiger partial charge in [0, 0.05) is 18.8 Å². The highest BCUT2D eigenvalue weighted by Crippen LogP contribution is 2.31. The Hall–Kier alpha value is -1.07. The van der Waals surface area contributed by atoms with Gasteiger partial charge in [0.2, 0.25) is 0 Å². The minimum Gasteiger partial charge on any atom is -0.378 e. The first-order valence-electron chi connectivity index (χ1n) is 6.23. The molecule has 2 aromatic carbocycles. The third-order valence-corrected chi connectivity index (χ3v) is 5.05. The average Bonchev–Trinajstić information content (AvgIpc) is 2.82. The first-order chi connectivity index (χ1) is 9.22. The Bertz CT molecular complexity index is 672. The fourth-order valence-corrected chi connectivity index (χ4v) is 3.73. The minimum atomic E-state index is 0.329. The van der Waals surface area contributed by atoms with E-state index in [1.54, 1.807) is 0 Å². The summed E-state index contributed by atoms with van der Waals surface area (Å²) >= 11 is 4.21. The molecule has 0 fully saturated rings. The molecule has 0 spiro atoms. The van der Waals surface area contributed by atoms with Crippen LogP contribution in [0.1, 0.15) is 17.8 Å². The second-order valence-electron chi connectivity index (χ2n) is 4.56. The van der Waals surface area contributed by atoms with Gasteiger partial charge in [0.25, 0.3) is 0 Å². The molecule has 0 amide bonds. The second-order valence-corrected chi connectivity index (χ2v) is 6.92. The van der Waals surface area contributed by atoms with E-state index in [1.807, 2.05) is 11.3 Å². The number of anilines is 1. The van der Waals surface area contributed by atoms with Gasteiger partial charge in [0.1, 0.15) is 0 Å². The minimum absolute atomic E-state index is 0.329. The molecule has 1 N–H and O–H groups in total. The summed E-state index contributed by atoms with van der Waals surface area (Å²) < 4.78 is 2.61. The van der Waals surface area contributed by atoms with Crippen molar-refractivity contribution in [1.29, 1.82) is 0 Å². The van der Waals surface area contributed by atoms with Crippen LogP contribution in [0.4, 0.5) is 5.69 Å². The number of thiophene rings is 1. The van der Waals surface area contributed by atoms with E-state index < -0.39 is 0 Å². The monoisotopic (exact) mass is 379 g/mol. The van der Waals surface area contributed by atoms with E-state index in [2.05, 4.69) is 89.4 Å². The number of halogens is 1. The van der Waals surface area contributed by atoms with Crippen LogP contribution in [0.15, 0.2) is 54.6 Å². The van der Waals surface area contributed by atoms with Crippen LogP contribution >= 0.6 is 33.9 Å². The predicted octanol–water partition coefficient (Wildman–Crippen LogP) is 5.68. The third kappa shape index (κ3) is 2.92. The molecule has 0 saturated carbocycles. The largest absolute Gasteiger partial charge is 0.378 e. The number of benzene rings is 2. The Labute approximate surface area is 130 Å². The number of hydrogen-bond donors (Lipinski definition) is 1. The zero-order valence-electron chi connectivity index (χ0n) is 10.6. The molecule has 1 nitrogen and oxygen atoms in total. The smallest absolute Gasteiger partial charge is 0.0578 e. The maximum atomic E-state index is 3.57. The maximum Gasteiger partial charge on any atom is 0.0578 e. The second kappa shape index (κ2) is 5.51. The lowest BCUT2D eigenvalue weighted by Gasteiger charge is -2.13. The molecule has 3 heteroatoms. The molecule has 3 rings (SSSR count). The van der Waals surface area contributed by atoms with Crippen LogP contribution < -0.4 is 5.32 Å². The number of nitrogens with one attached hydrogen (secondary N) is 1. The van der Waals surface area contributed by atoms with E-state index in [0.717, 1.165) is 0 Å². The normalized spacial score (nSPS) is 12.5. The molecule has 3 aromatic rings. The van der Waals surface area contributed by atoms with E-state index >= 15 is 0 Å². The SMILES string of the molecule is CC(Nc1cccc(I)c1)c1cc2ccccc2s1. The molecule has 0 bridgehead atoms. The highest BCUT2D eigenvalue weighted by atomic mass is 127. The van der Waals surface area contributed by atoms with Crippen LogP contribution in [0.25, 0.3) is 10.1 Å². The van der Waals surface area contributed by atoms with Crippen molar-refractivity contribution in [3.05, 3.63) is 63.0 Å². The van der Waals surface area contributed by atoms with Crippen molar-refractivity contribution in [2.75, 3.05) is 5.32 Å². The van der Waals surface area contributed by atoms with Gasteiger partial charge in [-0.3, -0.25) is 0 Å². The van der Waals surface area contributed by atoms with Crippen molar-refractivity contribution < 1.29 is 0 Å². The molecule has 1 heterocycles. The van der Waals surface area contributed by atoms with Gasteiger partial charge in [-0.15, -0.1) is 11.3 Å². The van der Waals surface area contributed by atoms with Crippen LogP contribution in [0.5, 0.6) is 0 Å². The molecule has 0 aliphatic carbocycles. The van der Waals surface area contributed by atoms with Gasteiger partial charge in [-0.25, -0.2) is 0 Å². The summed E-state index contributed by atoms with van der Waals surface area (Å²) in [7, 11) is 0. The number of rotatable bonds is 3. The van der Waals surface area contributed by atoms with E-state index in [-0.39, 0.29) is 0 Å². The maximum absolute atomic E-state index is 3.57. The summed E-state index contributed by atoms with van der Waals surface area (Å²) in [4.78, 5) is 1.38. The first-order valence-corrected chi connectivity index (χ1v) is 8.12. The van der Waals surface area contributed by atoms with Crippen molar-refractivity contribution in [1.82, 2.24) is 0 Å². The third-order valence-electron chi connectivity index (χ3n) is 3.08. The summed E-state index contributed by atoms with van der Waals surface area (Å²) in [6, 6.07) is 19.6. The molecule has 1 atom stereocenters. The molecular weight excluding hydrogens is 365 g/mol. The summed E-state index contributed by atoms with van der Waals surface area (Å²) in [6.45, 7) is 2.21. The van der Waals surface area contributed by atoms with Crippen molar-refractivity contribution in [2.45, 2.75) is 13.0 Å². The molecule has 0 saturated heterocycles. The summed E-state index contributed by atoms with van der Waals surface area (Å²) in [5, 5.41) is 4.90. The van der Waals surface area contributed by atoms with Crippen LogP contribution in [0, 0.1) is 3.57 Å². The van der Waals surface area contributed by atoms with Crippen LogP contribution in [-0.2, 0) is 0 Å². The van der Waals surface area contributed by atoms with E-state index in [9.17, 15) is 0 Å². The highest BCUT2D eigenvalue weighted by molar-refractivity contribution is 14.1. The lowest BCUT2D eigenvalue weighted by molar-refractivity contribution is 0.909. The molecule has 1 unspecified atom stereocenters. The fourth-order valence-electron chi connectivity index (χ4n) is 2.12. The molecule has 19 heavy (non-hydrogen) atoms. The van der Waals surface area contributed by atoms with Gasteiger partial charge in [-0.05, 0) is 65.2 Å². The lowest BCUT2D eigenvalue weighted by Crippen LogP contribution is -2.04. The number of hydrogen-bond acceptors (Lipinski definition) is 2. The first kappa shape index (κ1) is 12.9. The summed E-state index contributed by atoms with van der Waals surface area (Å²) in [5.74, 6) is 0. The number of fused-ring (bicyclic) bond motifs is 1. The van der Waals surface area contributed by atoms with E-state index in [0.29, 0.717) is 6.04 Å². The van der Waals surface area contributed by atoms with Gasteiger partial charge in [-0.2, -0.15) is 0 Å². The summed E-state index contributed by atoms with van der Waals surface area (Å²) in [5.41, 5.74) is 1.18. The van der Waals surface area contributed by atoms with Gasteiger partial charge >= 0.3 is 0 Å². The average molecular weight is 379 g/mol. The van der Waals surface area contributed by atoms with Crippen molar-refractivity contribution in [3.8, 4) is 0 Å². The van der Waals surface area contributed by atoms with E-state index in [1.165, 1.54) is 24.2 Å². The van der Waals surface area contributed by atoms with Crippen molar-refractivity contribution in [3.63, 3.8) is 0 Å². The van der Waals surface area contributed by atoms with Gasteiger partial charge < -0.3 is 5.32 Å². The fraction of sp³-hybridized carbons (Fsp3) is 0.125. The lowest BCUT2D eigenvalue weighted by atomic mass is 10.2. The van der Waals surface area contributed by atoms with Gasteiger partial charge in [0.05, 0.1) is 6.04 Å². The Morgan fingerprint density at radius 3 is 2.68 bits per heavy atom. The Kier molecular flexibility index (Phi) is 3.75. The highest BCUT2D eigenvalue weighted by Gasteiger charge is 2.09. The standard InChI is InChI=1S/C16H14INS/c1-11(18-14-7-4-6-13(17)10-14)16-9-12-5-2-3-8-15(12)19-16/h2-11,18H,1H3. The van der Waals surface area contributed by atoms with Gasteiger partial charge in [0.15, 0.2) is 0 Å². The molecule has 0 radical (unpaired) electrons. The topological polar surface area (TPSA) is 12.0 Å². The quantitative estimate of drug-likeness (QED) is 0.578. The zero-order chi connectivity index (χ0) is 13.2. The predicted molar refractivity (Wildman–Crippen MR) is 93.0 cm³/mol. The van der Waals surface area contributed by atoms with Crippen LogP contribution in [-0.4, -0.2) is 0 Å². The van der Waals surface area contributed by atoms with Gasteiger partial charge in [-0.1, -0.05) is 24.3 Å². The summed E-state index contributed by atoms with van der Waals surface area (Å²) in [6.07, 6.45) is 0. The molecule has 0 aliphatic heterocycles. The Morgan fingerprint density at radius 2 is 1.89 bits per heavy atom. The molecule has 96 valence electrons. The van der Waals surface area contributed by atoms with Crippen LogP contribution in [0.2, 0.25) is 0 Å². The molecule has 1 aromatic heterocycles. The van der Waals surface area contributed by atoms with E-state index in [4.69, 9.17) is 0 Å².